The molecule has 4 heteroatoms. The highest BCUT2D eigenvalue weighted by molar-refractivity contribution is 9.10. The monoisotopic (exact) mass is 312 g/mol. The summed E-state index contributed by atoms with van der Waals surface area (Å²) in [7, 11) is 0. The lowest BCUT2D eigenvalue weighted by atomic mass is 10.1. The quantitative estimate of drug-likeness (QED) is 0.899. The Kier molecular flexibility index (Phi) is 5.03. The van der Waals surface area contributed by atoms with E-state index in [-0.39, 0.29) is 6.61 Å². The molecular weight excluding hydrogens is 292 g/mol. The van der Waals surface area contributed by atoms with Crippen LogP contribution in [-0.2, 0) is 0 Å². The fraction of sp³-hybridized carbons (Fsp3) is 0.571. The van der Waals surface area contributed by atoms with Gasteiger partial charge in [0.05, 0.1) is 0 Å². The zero-order valence-corrected chi connectivity index (χ0v) is 12.4. The van der Waals surface area contributed by atoms with Crippen molar-refractivity contribution in [2.75, 3.05) is 24.6 Å². The van der Waals surface area contributed by atoms with Crippen LogP contribution < -0.4 is 10.2 Å². The highest BCUT2D eigenvalue weighted by Gasteiger charge is 2.25. The van der Waals surface area contributed by atoms with Crippen molar-refractivity contribution in [2.24, 2.45) is 0 Å². The van der Waals surface area contributed by atoms with E-state index in [0.717, 1.165) is 30.4 Å². The maximum atomic E-state index is 9.25. The molecule has 0 radical (unpaired) electrons. The lowest BCUT2D eigenvalue weighted by Crippen LogP contribution is -2.44. The minimum atomic E-state index is 0.240. The van der Waals surface area contributed by atoms with Gasteiger partial charge in [-0.3, -0.25) is 0 Å². The van der Waals surface area contributed by atoms with E-state index in [1.807, 2.05) is 6.07 Å². The van der Waals surface area contributed by atoms with Crippen molar-refractivity contribution in [3.8, 4) is 0 Å². The molecule has 1 saturated heterocycles. The van der Waals surface area contributed by atoms with Gasteiger partial charge in [0.2, 0.25) is 0 Å². The smallest absolute Gasteiger partial charge is 0.0451 e. The van der Waals surface area contributed by atoms with Gasteiger partial charge in [-0.2, -0.15) is 0 Å². The van der Waals surface area contributed by atoms with Crippen molar-refractivity contribution in [1.82, 2.24) is 5.32 Å². The molecule has 0 aromatic heterocycles. The van der Waals surface area contributed by atoms with Gasteiger partial charge in [0.15, 0.2) is 0 Å². The molecule has 2 N–H and O–H groups in total. The van der Waals surface area contributed by atoms with Crippen LogP contribution in [0.4, 0.5) is 5.69 Å². The first kappa shape index (κ1) is 13.8. The Morgan fingerprint density at radius 2 is 2.33 bits per heavy atom. The number of halogens is 1. The van der Waals surface area contributed by atoms with Crippen molar-refractivity contribution in [2.45, 2.75) is 31.8 Å². The normalized spacial score (nSPS) is 24.9. The van der Waals surface area contributed by atoms with Crippen LogP contribution in [0, 0.1) is 0 Å². The lowest BCUT2D eigenvalue weighted by molar-refractivity contribution is 0.271. The van der Waals surface area contributed by atoms with Crippen LogP contribution in [0.2, 0.25) is 0 Å². The summed E-state index contributed by atoms with van der Waals surface area (Å²) in [6, 6.07) is 9.28. The fourth-order valence-corrected chi connectivity index (χ4v) is 3.06. The molecule has 18 heavy (non-hydrogen) atoms. The predicted molar refractivity (Wildman–Crippen MR) is 79.1 cm³/mol. The summed E-state index contributed by atoms with van der Waals surface area (Å²) in [5.74, 6) is 0. The molecular formula is C14H21BrN2O. The number of rotatable bonds is 3. The van der Waals surface area contributed by atoms with E-state index in [0.29, 0.717) is 12.1 Å². The van der Waals surface area contributed by atoms with Gasteiger partial charge in [-0.25, -0.2) is 0 Å². The molecule has 2 atom stereocenters. The molecule has 0 saturated carbocycles. The third-order valence-electron chi connectivity index (χ3n) is 3.56. The van der Waals surface area contributed by atoms with E-state index in [4.69, 9.17) is 0 Å². The Labute approximate surface area is 117 Å². The van der Waals surface area contributed by atoms with Gasteiger partial charge in [0.1, 0.15) is 0 Å². The molecule has 0 amide bonds. The Morgan fingerprint density at radius 3 is 3.06 bits per heavy atom. The summed E-state index contributed by atoms with van der Waals surface area (Å²) >= 11 is 3.54. The summed E-state index contributed by atoms with van der Waals surface area (Å²) in [6.07, 6.45) is 1.94. The highest BCUT2D eigenvalue weighted by atomic mass is 79.9. The Balaban J connectivity index is 2.28. The van der Waals surface area contributed by atoms with Crippen molar-refractivity contribution in [3.05, 3.63) is 28.7 Å². The molecule has 0 spiro atoms. The number of benzene rings is 1. The Bertz CT molecular complexity index is 386. The van der Waals surface area contributed by atoms with Crippen molar-refractivity contribution in [3.63, 3.8) is 0 Å². The number of aliphatic hydroxyl groups excluding tert-OH is 1. The van der Waals surface area contributed by atoms with Crippen LogP contribution >= 0.6 is 15.9 Å². The molecule has 0 aliphatic carbocycles. The van der Waals surface area contributed by atoms with Crippen molar-refractivity contribution < 1.29 is 5.11 Å². The first-order valence-electron chi connectivity index (χ1n) is 6.58. The van der Waals surface area contributed by atoms with Crippen molar-refractivity contribution >= 4 is 21.6 Å². The van der Waals surface area contributed by atoms with E-state index in [1.165, 1.54) is 5.69 Å². The molecule has 2 unspecified atom stereocenters. The van der Waals surface area contributed by atoms with E-state index in [1.54, 1.807) is 0 Å². The average Bonchev–Trinajstić information content (AvgIpc) is 2.52. The van der Waals surface area contributed by atoms with Crippen LogP contribution in [0.15, 0.2) is 28.7 Å². The molecule has 1 aromatic rings. The zero-order valence-electron chi connectivity index (χ0n) is 10.8. The van der Waals surface area contributed by atoms with Gasteiger partial charge >= 0.3 is 0 Å². The van der Waals surface area contributed by atoms with Gasteiger partial charge < -0.3 is 15.3 Å². The number of nitrogens with one attached hydrogen (secondary N) is 1. The predicted octanol–water partition coefficient (Wildman–Crippen LogP) is 2.39. The molecule has 1 fully saturated rings. The van der Waals surface area contributed by atoms with Crippen LogP contribution in [0.1, 0.15) is 19.8 Å². The Morgan fingerprint density at radius 1 is 1.50 bits per heavy atom. The number of aliphatic hydroxyl groups is 1. The second-order valence-electron chi connectivity index (χ2n) is 4.90. The van der Waals surface area contributed by atoms with E-state index in [2.05, 4.69) is 51.3 Å². The molecule has 1 heterocycles. The first-order valence-corrected chi connectivity index (χ1v) is 7.37. The minimum absolute atomic E-state index is 0.240. The molecule has 1 aliphatic rings. The minimum Gasteiger partial charge on any atom is -0.396 e. The van der Waals surface area contributed by atoms with Crippen LogP contribution in [0.5, 0.6) is 0 Å². The summed E-state index contributed by atoms with van der Waals surface area (Å²) in [6.45, 7) is 4.49. The van der Waals surface area contributed by atoms with Gasteiger partial charge in [-0.1, -0.05) is 22.0 Å². The largest absolute Gasteiger partial charge is 0.396 e. The van der Waals surface area contributed by atoms with E-state index in [9.17, 15) is 5.11 Å². The summed E-state index contributed by atoms with van der Waals surface area (Å²) < 4.78 is 1.10. The maximum absolute atomic E-state index is 9.25. The summed E-state index contributed by atoms with van der Waals surface area (Å²) in [5.41, 5.74) is 1.24. The molecule has 0 bridgehead atoms. The van der Waals surface area contributed by atoms with Crippen molar-refractivity contribution in [1.29, 1.82) is 0 Å². The second kappa shape index (κ2) is 6.55. The third kappa shape index (κ3) is 3.25. The molecule has 2 rings (SSSR count). The van der Waals surface area contributed by atoms with Gasteiger partial charge in [0, 0.05) is 35.4 Å². The van der Waals surface area contributed by atoms with E-state index >= 15 is 0 Å². The average molecular weight is 313 g/mol. The number of hydrogen-bond acceptors (Lipinski definition) is 3. The molecule has 100 valence electrons. The standard InChI is InChI=1S/C14H21BrN2O/c1-11-5-7-16-10-14(6-8-18)17(11)13-4-2-3-12(15)9-13/h2-4,9,11,14,16,18H,5-8,10H2,1H3. The van der Waals surface area contributed by atoms with Crippen LogP contribution in [0.3, 0.4) is 0 Å². The zero-order chi connectivity index (χ0) is 13.0. The summed E-state index contributed by atoms with van der Waals surface area (Å²) in [4.78, 5) is 2.45. The lowest BCUT2D eigenvalue weighted by Gasteiger charge is -2.36. The Hall–Kier alpha value is -0.580. The van der Waals surface area contributed by atoms with Crippen LogP contribution in [0.25, 0.3) is 0 Å². The third-order valence-corrected chi connectivity index (χ3v) is 4.05. The first-order chi connectivity index (χ1) is 8.72. The SMILES string of the molecule is CC1CCNCC(CCO)N1c1cccc(Br)c1. The number of anilines is 1. The number of nitrogens with zero attached hydrogens (tertiary/aromatic N) is 1. The molecule has 1 aromatic carbocycles. The van der Waals surface area contributed by atoms with Gasteiger partial charge in [-0.15, -0.1) is 0 Å². The maximum Gasteiger partial charge on any atom is 0.0451 e. The fourth-order valence-electron chi connectivity index (χ4n) is 2.67. The number of hydrogen-bond donors (Lipinski definition) is 2. The van der Waals surface area contributed by atoms with Gasteiger partial charge in [0.25, 0.3) is 0 Å². The highest BCUT2D eigenvalue weighted by Crippen LogP contribution is 2.26. The van der Waals surface area contributed by atoms with Crippen LogP contribution in [-0.4, -0.2) is 36.9 Å². The summed E-state index contributed by atoms with van der Waals surface area (Å²) in [5, 5.41) is 12.7. The second-order valence-corrected chi connectivity index (χ2v) is 5.81. The van der Waals surface area contributed by atoms with Gasteiger partial charge in [-0.05, 0) is 44.5 Å². The van der Waals surface area contributed by atoms with E-state index < -0.39 is 0 Å². The molecule has 1 aliphatic heterocycles. The molecule has 3 nitrogen and oxygen atoms in total. The topological polar surface area (TPSA) is 35.5 Å².